The largest absolute Gasteiger partial charge is 0.495 e. The molecule has 3 aromatic rings. The maximum atomic E-state index is 12.6. The zero-order chi connectivity index (χ0) is 19.3. The van der Waals surface area contributed by atoms with E-state index in [1.807, 2.05) is 59.5 Å². The smallest absolute Gasteiger partial charge is 0.324 e. The molecule has 0 atom stereocenters. The summed E-state index contributed by atoms with van der Waals surface area (Å²) in [4.78, 5) is 19.2. The van der Waals surface area contributed by atoms with Crippen molar-refractivity contribution < 1.29 is 14.1 Å². The van der Waals surface area contributed by atoms with E-state index in [0.717, 1.165) is 18.4 Å². The van der Waals surface area contributed by atoms with Crippen LogP contribution >= 0.6 is 0 Å². The molecule has 1 amide bonds. The van der Waals surface area contributed by atoms with Crippen molar-refractivity contribution in [2.75, 3.05) is 30.4 Å². The first kappa shape index (κ1) is 18.0. The Labute approximate surface area is 163 Å². The third-order valence-electron chi connectivity index (χ3n) is 4.95. The minimum absolute atomic E-state index is 0.0136. The van der Waals surface area contributed by atoms with E-state index in [-0.39, 0.29) is 11.8 Å². The number of hydrogen-bond donors (Lipinski definition) is 1. The molecule has 7 nitrogen and oxygen atoms in total. The quantitative estimate of drug-likeness (QED) is 0.731. The Morgan fingerprint density at radius 3 is 2.57 bits per heavy atom. The minimum Gasteiger partial charge on any atom is -0.495 e. The van der Waals surface area contributed by atoms with E-state index in [2.05, 4.69) is 15.5 Å². The molecule has 0 unspecified atom stereocenters. The summed E-state index contributed by atoms with van der Waals surface area (Å²) >= 11 is 0. The molecular formula is C21H22N4O3. The predicted molar refractivity (Wildman–Crippen MR) is 106 cm³/mol. The molecule has 1 aliphatic heterocycles. The summed E-state index contributed by atoms with van der Waals surface area (Å²) in [5, 5.41) is 7.05. The first-order valence-electron chi connectivity index (χ1n) is 9.32. The van der Waals surface area contributed by atoms with Gasteiger partial charge in [-0.1, -0.05) is 47.6 Å². The summed E-state index contributed by atoms with van der Waals surface area (Å²) < 4.78 is 10.7. The first-order valence-corrected chi connectivity index (χ1v) is 9.32. The normalized spacial score (nSPS) is 14.7. The van der Waals surface area contributed by atoms with Crippen LogP contribution in [0.1, 0.15) is 12.8 Å². The van der Waals surface area contributed by atoms with Crippen molar-refractivity contribution in [3.8, 4) is 17.1 Å². The summed E-state index contributed by atoms with van der Waals surface area (Å²) in [6.45, 7) is 1.39. The summed E-state index contributed by atoms with van der Waals surface area (Å²) in [6, 6.07) is 17.7. The summed E-state index contributed by atoms with van der Waals surface area (Å²) in [7, 11) is 1.59. The van der Waals surface area contributed by atoms with Crippen LogP contribution in [-0.4, -0.2) is 36.2 Å². The number of benzene rings is 2. The molecule has 1 saturated heterocycles. The molecular weight excluding hydrogens is 356 g/mol. The number of carbonyl (C=O) groups is 1. The molecule has 4 rings (SSSR count). The van der Waals surface area contributed by atoms with E-state index in [4.69, 9.17) is 9.26 Å². The van der Waals surface area contributed by atoms with Crippen molar-refractivity contribution in [3.05, 3.63) is 54.6 Å². The van der Waals surface area contributed by atoms with E-state index in [1.54, 1.807) is 7.11 Å². The standard InChI is InChI=1S/C21H22N4O3/c1-27-18-10-6-5-9-17(18)22-20(26)16-11-13-25(14-12-16)21-23-19(24-28-21)15-7-3-2-4-8-15/h2-10,16H,11-14H2,1H3,(H,22,26). The number of rotatable bonds is 5. The number of nitrogens with zero attached hydrogens (tertiary/aromatic N) is 3. The molecule has 1 aromatic heterocycles. The van der Waals surface area contributed by atoms with Gasteiger partial charge in [0.15, 0.2) is 0 Å². The molecule has 28 heavy (non-hydrogen) atoms. The number of nitrogens with one attached hydrogen (secondary N) is 1. The molecule has 0 spiro atoms. The van der Waals surface area contributed by atoms with Crippen LogP contribution in [0.25, 0.3) is 11.4 Å². The lowest BCUT2D eigenvalue weighted by atomic mass is 9.96. The van der Waals surface area contributed by atoms with Gasteiger partial charge in [-0.3, -0.25) is 4.79 Å². The van der Waals surface area contributed by atoms with Gasteiger partial charge in [0.2, 0.25) is 11.7 Å². The van der Waals surface area contributed by atoms with Crippen LogP contribution in [-0.2, 0) is 4.79 Å². The van der Waals surface area contributed by atoms with Crippen molar-refractivity contribution in [2.24, 2.45) is 5.92 Å². The zero-order valence-electron chi connectivity index (χ0n) is 15.7. The van der Waals surface area contributed by atoms with Crippen LogP contribution in [0.3, 0.4) is 0 Å². The van der Waals surface area contributed by atoms with Crippen molar-refractivity contribution in [3.63, 3.8) is 0 Å². The van der Waals surface area contributed by atoms with Crippen LogP contribution in [0.2, 0.25) is 0 Å². The zero-order valence-corrected chi connectivity index (χ0v) is 15.7. The lowest BCUT2D eigenvalue weighted by Gasteiger charge is -2.29. The highest BCUT2D eigenvalue weighted by Crippen LogP contribution is 2.27. The summed E-state index contributed by atoms with van der Waals surface area (Å²) in [5.41, 5.74) is 1.62. The number of carbonyl (C=O) groups excluding carboxylic acids is 1. The second kappa shape index (κ2) is 8.12. The van der Waals surface area contributed by atoms with E-state index >= 15 is 0 Å². The number of amides is 1. The van der Waals surface area contributed by atoms with Crippen molar-refractivity contribution in [1.29, 1.82) is 0 Å². The summed E-state index contributed by atoms with van der Waals surface area (Å²) in [5.74, 6) is 1.19. The molecule has 0 radical (unpaired) electrons. The number of piperidine rings is 1. The van der Waals surface area contributed by atoms with E-state index in [0.29, 0.717) is 36.4 Å². The second-order valence-corrected chi connectivity index (χ2v) is 6.72. The molecule has 7 heteroatoms. The van der Waals surface area contributed by atoms with Crippen LogP contribution in [0.15, 0.2) is 59.1 Å². The fourth-order valence-electron chi connectivity index (χ4n) is 3.36. The highest BCUT2D eigenvalue weighted by Gasteiger charge is 2.28. The van der Waals surface area contributed by atoms with Gasteiger partial charge < -0.3 is 19.5 Å². The Morgan fingerprint density at radius 1 is 1.11 bits per heavy atom. The Kier molecular flexibility index (Phi) is 5.23. The van der Waals surface area contributed by atoms with Crippen LogP contribution in [0, 0.1) is 5.92 Å². The van der Waals surface area contributed by atoms with E-state index in [1.165, 1.54) is 0 Å². The van der Waals surface area contributed by atoms with Gasteiger partial charge in [0, 0.05) is 24.6 Å². The van der Waals surface area contributed by atoms with Crippen LogP contribution in [0.5, 0.6) is 5.75 Å². The van der Waals surface area contributed by atoms with Gasteiger partial charge in [-0.05, 0) is 25.0 Å². The number of ether oxygens (including phenoxy) is 1. The second-order valence-electron chi connectivity index (χ2n) is 6.72. The molecule has 0 saturated carbocycles. The van der Waals surface area contributed by atoms with Gasteiger partial charge in [0.1, 0.15) is 5.75 Å². The van der Waals surface area contributed by atoms with Crippen LogP contribution < -0.4 is 15.0 Å². The maximum absolute atomic E-state index is 12.6. The van der Waals surface area contributed by atoms with Gasteiger partial charge in [-0.15, -0.1) is 0 Å². The van der Waals surface area contributed by atoms with Gasteiger partial charge in [-0.2, -0.15) is 4.98 Å². The molecule has 0 bridgehead atoms. The average Bonchev–Trinajstić information content (AvgIpc) is 3.25. The first-order chi connectivity index (χ1) is 13.7. The van der Waals surface area contributed by atoms with E-state index in [9.17, 15) is 4.79 Å². The fourth-order valence-corrected chi connectivity index (χ4v) is 3.36. The van der Waals surface area contributed by atoms with Crippen LogP contribution in [0.4, 0.5) is 11.7 Å². The van der Waals surface area contributed by atoms with Gasteiger partial charge >= 0.3 is 6.01 Å². The van der Waals surface area contributed by atoms with Crippen molar-refractivity contribution in [1.82, 2.24) is 10.1 Å². The third kappa shape index (κ3) is 3.83. The van der Waals surface area contributed by atoms with Crippen molar-refractivity contribution >= 4 is 17.6 Å². The minimum atomic E-state index is -0.0577. The number of anilines is 2. The number of aromatic nitrogens is 2. The van der Waals surface area contributed by atoms with Gasteiger partial charge in [0.05, 0.1) is 12.8 Å². The molecule has 1 fully saturated rings. The fraction of sp³-hybridized carbons (Fsp3) is 0.286. The lowest BCUT2D eigenvalue weighted by molar-refractivity contribution is -0.120. The Hall–Kier alpha value is -3.35. The van der Waals surface area contributed by atoms with Gasteiger partial charge in [0.25, 0.3) is 0 Å². The lowest BCUT2D eigenvalue weighted by Crippen LogP contribution is -2.38. The molecule has 2 heterocycles. The highest BCUT2D eigenvalue weighted by molar-refractivity contribution is 5.94. The maximum Gasteiger partial charge on any atom is 0.324 e. The molecule has 2 aromatic carbocycles. The third-order valence-corrected chi connectivity index (χ3v) is 4.95. The molecule has 1 aliphatic rings. The summed E-state index contributed by atoms with van der Waals surface area (Å²) in [6.07, 6.45) is 1.45. The Balaban J connectivity index is 1.36. The Morgan fingerprint density at radius 2 is 1.82 bits per heavy atom. The molecule has 144 valence electrons. The molecule has 1 N–H and O–H groups in total. The predicted octanol–water partition coefficient (Wildman–Crippen LogP) is 3.60. The van der Waals surface area contributed by atoms with Crippen molar-refractivity contribution in [2.45, 2.75) is 12.8 Å². The number of para-hydroxylation sites is 2. The topological polar surface area (TPSA) is 80.5 Å². The SMILES string of the molecule is COc1ccccc1NC(=O)C1CCN(c2nc(-c3ccccc3)no2)CC1. The monoisotopic (exact) mass is 378 g/mol. The molecule has 0 aliphatic carbocycles. The average molecular weight is 378 g/mol. The van der Waals surface area contributed by atoms with Gasteiger partial charge in [-0.25, -0.2) is 0 Å². The highest BCUT2D eigenvalue weighted by atomic mass is 16.5. The number of methoxy groups -OCH3 is 1. The van der Waals surface area contributed by atoms with E-state index < -0.39 is 0 Å². The number of hydrogen-bond acceptors (Lipinski definition) is 6. The Bertz CT molecular complexity index is 934.